The van der Waals surface area contributed by atoms with Crippen LogP contribution in [0.4, 0.5) is 5.69 Å². The van der Waals surface area contributed by atoms with Gasteiger partial charge < -0.3 is 15.4 Å². The summed E-state index contributed by atoms with van der Waals surface area (Å²) >= 11 is 0. The molecule has 0 radical (unpaired) electrons. The van der Waals surface area contributed by atoms with E-state index in [2.05, 4.69) is 34.9 Å². The molecule has 2 aliphatic carbocycles. The lowest BCUT2D eigenvalue weighted by atomic mass is 10.1. The van der Waals surface area contributed by atoms with Crippen LogP contribution >= 0.6 is 0 Å². The molecule has 0 unspecified atom stereocenters. The molecule has 4 heteroatoms. The van der Waals surface area contributed by atoms with E-state index in [1.807, 2.05) is 24.3 Å². The van der Waals surface area contributed by atoms with E-state index in [1.54, 1.807) is 7.11 Å². The Kier molecular flexibility index (Phi) is 3.45. The Bertz CT molecular complexity index is 744. The number of ether oxygens (including phenoxy) is 1. The highest BCUT2D eigenvalue weighted by Gasteiger charge is 2.56. The van der Waals surface area contributed by atoms with Crippen molar-refractivity contribution in [1.82, 2.24) is 5.32 Å². The Morgan fingerprint density at radius 3 is 2.83 bits per heavy atom. The van der Waals surface area contributed by atoms with Crippen molar-refractivity contribution in [3.05, 3.63) is 59.7 Å². The Labute approximate surface area is 135 Å². The fourth-order valence-electron chi connectivity index (χ4n) is 3.75. The quantitative estimate of drug-likeness (QED) is 0.892. The lowest BCUT2D eigenvalue weighted by Crippen LogP contribution is -2.33. The number of rotatable bonds is 5. The summed E-state index contributed by atoms with van der Waals surface area (Å²) in [5.41, 5.74) is 3.70. The molecule has 4 rings (SSSR count). The maximum Gasteiger partial charge on any atom is 0.239 e. The Hall–Kier alpha value is -2.49. The first-order valence-electron chi connectivity index (χ1n) is 8.02. The highest BCUT2D eigenvalue weighted by molar-refractivity contribution is 5.82. The van der Waals surface area contributed by atoms with Gasteiger partial charge in [0, 0.05) is 12.0 Å². The Morgan fingerprint density at radius 1 is 1.17 bits per heavy atom. The zero-order chi connectivity index (χ0) is 15.8. The van der Waals surface area contributed by atoms with Gasteiger partial charge in [0.25, 0.3) is 0 Å². The summed E-state index contributed by atoms with van der Waals surface area (Å²) < 4.78 is 5.28. The van der Waals surface area contributed by atoms with Crippen LogP contribution in [0.2, 0.25) is 0 Å². The van der Waals surface area contributed by atoms with E-state index in [4.69, 9.17) is 4.74 Å². The van der Waals surface area contributed by atoms with Crippen molar-refractivity contribution < 1.29 is 9.53 Å². The lowest BCUT2D eigenvalue weighted by Gasteiger charge is -2.12. The number of hydrogen-bond acceptors (Lipinski definition) is 3. The second-order valence-corrected chi connectivity index (χ2v) is 6.24. The molecule has 2 aromatic rings. The number of anilines is 1. The summed E-state index contributed by atoms with van der Waals surface area (Å²) in [7, 11) is 1.63. The molecule has 1 fully saturated rings. The second kappa shape index (κ2) is 5.61. The number of methoxy groups -OCH3 is 1. The molecule has 2 aromatic carbocycles. The fraction of sp³-hybridized carbons (Fsp3) is 0.316. The van der Waals surface area contributed by atoms with Crippen LogP contribution < -0.4 is 15.4 Å². The van der Waals surface area contributed by atoms with Crippen molar-refractivity contribution in [3.8, 4) is 5.75 Å². The third-order valence-corrected chi connectivity index (χ3v) is 4.91. The number of nitrogens with one attached hydrogen (secondary N) is 2. The van der Waals surface area contributed by atoms with Crippen LogP contribution in [0, 0.1) is 5.92 Å². The highest BCUT2D eigenvalue weighted by atomic mass is 16.5. The van der Waals surface area contributed by atoms with Gasteiger partial charge in [-0.25, -0.2) is 0 Å². The minimum absolute atomic E-state index is 0.0350. The molecule has 3 atom stereocenters. The van der Waals surface area contributed by atoms with Crippen LogP contribution in [0.1, 0.15) is 17.0 Å². The maximum absolute atomic E-state index is 12.2. The number of para-hydroxylation sites is 2. The number of amides is 1. The third kappa shape index (κ3) is 2.54. The number of carbonyl (C=O) groups excluding carboxylic acids is 1. The van der Waals surface area contributed by atoms with Crippen LogP contribution in [0.5, 0.6) is 5.75 Å². The minimum atomic E-state index is 0.0350. The first-order valence-corrected chi connectivity index (χ1v) is 8.02. The maximum atomic E-state index is 12.2. The molecule has 4 nitrogen and oxygen atoms in total. The first-order chi connectivity index (χ1) is 11.3. The van der Waals surface area contributed by atoms with Crippen molar-refractivity contribution in [1.29, 1.82) is 0 Å². The molecule has 118 valence electrons. The van der Waals surface area contributed by atoms with E-state index in [1.165, 1.54) is 11.1 Å². The van der Waals surface area contributed by atoms with Crippen LogP contribution in [0.15, 0.2) is 48.5 Å². The average molecular weight is 308 g/mol. The molecule has 0 spiro atoms. The van der Waals surface area contributed by atoms with Gasteiger partial charge in [0.2, 0.25) is 5.91 Å². The average Bonchev–Trinajstić information content (AvgIpc) is 3.09. The molecule has 2 N–H and O–H groups in total. The molecular formula is C19H20N2O2. The topological polar surface area (TPSA) is 50.4 Å². The van der Waals surface area contributed by atoms with E-state index in [0.29, 0.717) is 17.9 Å². The van der Waals surface area contributed by atoms with Crippen LogP contribution in [0.3, 0.4) is 0 Å². The van der Waals surface area contributed by atoms with Gasteiger partial charge in [0.15, 0.2) is 0 Å². The molecule has 0 bridgehead atoms. The number of hydrogen-bond donors (Lipinski definition) is 2. The highest BCUT2D eigenvalue weighted by Crippen LogP contribution is 2.56. The summed E-state index contributed by atoms with van der Waals surface area (Å²) in [5.74, 6) is 1.88. The van der Waals surface area contributed by atoms with E-state index in [9.17, 15) is 4.79 Å². The number of carbonyl (C=O) groups is 1. The number of benzene rings is 2. The lowest BCUT2D eigenvalue weighted by molar-refractivity contribution is -0.119. The van der Waals surface area contributed by atoms with Crippen molar-refractivity contribution in [2.75, 3.05) is 19.0 Å². The fourth-order valence-corrected chi connectivity index (χ4v) is 3.75. The molecule has 0 heterocycles. The standard InChI is InChI=1S/C19H20N2O2/c1-23-16-9-5-4-8-15(16)20-11-17(22)21-19-14-10-12-6-2-3-7-13(12)18(14)19/h2-9,14,18-20H,10-11H2,1H3,(H,21,22)/t14-,18+,19+/m0/s1. The van der Waals surface area contributed by atoms with Crippen LogP contribution in [-0.2, 0) is 11.2 Å². The van der Waals surface area contributed by atoms with Crippen molar-refractivity contribution in [2.24, 2.45) is 5.92 Å². The van der Waals surface area contributed by atoms with Gasteiger partial charge in [-0.3, -0.25) is 4.79 Å². The molecule has 0 saturated heterocycles. The Balaban J connectivity index is 1.33. The summed E-state index contributed by atoms with van der Waals surface area (Å²) in [6.45, 7) is 0.262. The number of fused-ring (bicyclic) bond motifs is 3. The van der Waals surface area contributed by atoms with Gasteiger partial charge in [0.05, 0.1) is 19.3 Å². The van der Waals surface area contributed by atoms with E-state index < -0.39 is 0 Å². The van der Waals surface area contributed by atoms with E-state index in [0.717, 1.165) is 17.9 Å². The summed E-state index contributed by atoms with van der Waals surface area (Å²) in [5, 5.41) is 6.31. The molecule has 2 aliphatic rings. The van der Waals surface area contributed by atoms with Crippen molar-refractivity contribution in [2.45, 2.75) is 18.4 Å². The van der Waals surface area contributed by atoms with Gasteiger partial charge in [-0.15, -0.1) is 0 Å². The van der Waals surface area contributed by atoms with E-state index >= 15 is 0 Å². The molecule has 1 amide bonds. The third-order valence-electron chi connectivity index (χ3n) is 4.91. The van der Waals surface area contributed by atoms with Gasteiger partial charge in [-0.05, 0) is 35.6 Å². The summed E-state index contributed by atoms with van der Waals surface area (Å²) in [6.07, 6.45) is 1.09. The molecule has 23 heavy (non-hydrogen) atoms. The van der Waals surface area contributed by atoms with Crippen LogP contribution in [0.25, 0.3) is 0 Å². The second-order valence-electron chi connectivity index (χ2n) is 6.24. The monoisotopic (exact) mass is 308 g/mol. The minimum Gasteiger partial charge on any atom is -0.495 e. The summed E-state index contributed by atoms with van der Waals surface area (Å²) in [6, 6.07) is 16.5. The predicted octanol–water partition coefficient (Wildman–Crippen LogP) is 2.56. The van der Waals surface area contributed by atoms with E-state index in [-0.39, 0.29) is 12.5 Å². The molecule has 0 aliphatic heterocycles. The Morgan fingerprint density at radius 2 is 1.96 bits per heavy atom. The SMILES string of the molecule is COc1ccccc1NCC(=O)N[C@@H]1[C@H]2Cc3ccccc3[C@H]21. The molecule has 0 aromatic heterocycles. The van der Waals surface area contributed by atoms with Gasteiger partial charge in [-0.1, -0.05) is 36.4 Å². The van der Waals surface area contributed by atoms with Crippen molar-refractivity contribution >= 4 is 11.6 Å². The zero-order valence-electron chi connectivity index (χ0n) is 13.1. The van der Waals surface area contributed by atoms with Gasteiger partial charge >= 0.3 is 0 Å². The molecular weight excluding hydrogens is 288 g/mol. The zero-order valence-corrected chi connectivity index (χ0v) is 13.1. The van der Waals surface area contributed by atoms with Gasteiger partial charge in [0.1, 0.15) is 5.75 Å². The largest absolute Gasteiger partial charge is 0.495 e. The predicted molar refractivity (Wildman–Crippen MR) is 89.8 cm³/mol. The molecule has 1 saturated carbocycles. The normalized spacial score (nSPS) is 23.6. The van der Waals surface area contributed by atoms with Crippen LogP contribution in [-0.4, -0.2) is 25.6 Å². The summed E-state index contributed by atoms with van der Waals surface area (Å²) in [4.78, 5) is 12.2. The smallest absolute Gasteiger partial charge is 0.239 e. The van der Waals surface area contributed by atoms with Gasteiger partial charge in [-0.2, -0.15) is 0 Å². The first kappa shape index (κ1) is 14.1. The van der Waals surface area contributed by atoms with Crippen molar-refractivity contribution in [3.63, 3.8) is 0 Å².